The first-order valence-corrected chi connectivity index (χ1v) is 22.7. The topological polar surface area (TPSA) is 108 Å². The van der Waals surface area contributed by atoms with Crippen molar-refractivity contribution in [2.24, 2.45) is 0 Å². The second-order valence-electron chi connectivity index (χ2n) is 15.7. The maximum Gasteiger partial charge on any atom is 0.268 e. The van der Waals surface area contributed by atoms with Crippen molar-refractivity contribution >= 4 is 13.7 Å². The van der Waals surface area contributed by atoms with E-state index in [-0.39, 0.29) is 19.1 Å². The number of allylic oxidation sites excluding steroid dienone is 3. The summed E-state index contributed by atoms with van der Waals surface area (Å²) in [6, 6.07) is -0.896. The lowest BCUT2D eigenvalue weighted by Crippen LogP contribution is -2.45. The molecule has 2 N–H and O–H groups in total. The van der Waals surface area contributed by atoms with Crippen LogP contribution in [0.25, 0.3) is 0 Å². The van der Waals surface area contributed by atoms with Crippen LogP contribution in [0.15, 0.2) is 24.3 Å². The molecule has 0 aromatic rings. The Morgan fingerprint density at radius 2 is 1.10 bits per heavy atom. The number of nitrogens with zero attached hydrogens (tertiary/aromatic N) is 1. The van der Waals surface area contributed by atoms with Gasteiger partial charge >= 0.3 is 0 Å². The smallest absolute Gasteiger partial charge is 0.268 e. The third-order valence-electron chi connectivity index (χ3n) is 9.41. The molecule has 0 spiro atoms. The second-order valence-corrected chi connectivity index (χ2v) is 17.1. The van der Waals surface area contributed by atoms with Crippen LogP contribution in [-0.2, 0) is 18.4 Å². The number of rotatable bonds is 38. The first-order chi connectivity index (χ1) is 24.5. The lowest BCUT2D eigenvalue weighted by atomic mass is 10.0. The maximum absolute atomic E-state index is 12.8. The quantitative estimate of drug-likeness (QED) is 0.0282. The predicted molar refractivity (Wildman–Crippen MR) is 215 cm³/mol. The van der Waals surface area contributed by atoms with Crippen LogP contribution in [0.5, 0.6) is 0 Å². The number of phosphoric acid groups is 1. The van der Waals surface area contributed by atoms with Crippen molar-refractivity contribution < 1.29 is 32.9 Å². The van der Waals surface area contributed by atoms with E-state index in [9.17, 15) is 19.4 Å². The fourth-order valence-corrected chi connectivity index (χ4v) is 6.71. The zero-order chi connectivity index (χ0) is 37.9. The summed E-state index contributed by atoms with van der Waals surface area (Å²) in [5.74, 6) is -0.208. The van der Waals surface area contributed by atoms with E-state index < -0.39 is 20.0 Å². The Kier molecular flexibility index (Phi) is 34.0. The van der Waals surface area contributed by atoms with E-state index in [0.29, 0.717) is 17.4 Å². The molecule has 0 saturated carbocycles. The van der Waals surface area contributed by atoms with Crippen LogP contribution in [0.3, 0.4) is 0 Å². The van der Waals surface area contributed by atoms with E-state index in [1.807, 2.05) is 27.2 Å². The fraction of sp³-hybridized carbons (Fsp3) is 0.881. The Bertz CT molecular complexity index is 891. The Morgan fingerprint density at radius 1 is 0.667 bits per heavy atom. The molecule has 1 amide bonds. The number of amides is 1. The summed E-state index contributed by atoms with van der Waals surface area (Å²) in [5.41, 5.74) is 0. The van der Waals surface area contributed by atoms with Gasteiger partial charge in [0.15, 0.2) is 0 Å². The van der Waals surface area contributed by atoms with E-state index in [1.165, 1.54) is 128 Å². The number of nitrogens with one attached hydrogen (secondary N) is 1. The van der Waals surface area contributed by atoms with Crippen LogP contribution in [-0.4, -0.2) is 68.5 Å². The molecule has 0 radical (unpaired) electrons. The molecule has 0 heterocycles. The van der Waals surface area contributed by atoms with Gasteiger partial charge in [-0.1, -0.05) is 173 Å². The molecule has 0 aromatic heterocycles. The zero-order valence-corrected chi connectivity index (χ0v) is 35.0. The number of unbranched alkanes of at least 4 members (excludes halogenated alkanes) is 23. The number of quaternary nitrogens is 1. The zero-order valence-electron chi connectivity index (χ0n) is 34.1. The number of phosphoric ester groups is 1. The van der Waals surface area contributed by atoms with Gasteiger partial charge in [-0.25, -0.2) is 0 Å². The first kappa shape index (κ1) is 50.0. The van der Waals surface area contributed by atoms with Gasteiger partial charge in [0.25, 0.3) is 7.82 Å². The molecule has 9 heteroatoms. The minimum Gasteiger partial charge on any atom is -0.756 e. The van der Waals surface area contributed by atoms with Crippen molar-refractivity contribution in [3.05, 3.63) is 24.3 Å². The highest BCUT2D eigenvalue weighted by atomic mass is 31.2. The molecule has 0 saturated heterocycles. The highest BCUT2D eigenvalue weighted by Gasteiger charge is 2.23. The molecular formula is C42H83N2O6P. The summed E-state index contributed by atoms with van der Waals surface area (Å²) in [6.07, 6.45) is 39.3. The summed E-state index contributed by atoms with van der Waals surface area (Å²) in [4.78, 5) is 25.2. The Balaban J connectivity index is 4.51. The summed E-state index contributed by atoms with van der Waals surface area (Å²) < 4.78 is 23.1. The summed E-state index contributed by atoms with van der Waals surface area (Å²) >= 11 is 0. The molecule has 3 atom stereocenters. The maximum atomic E-state index is 12.8. The molecule has 302 valence electrons. The van der Waals surface area contributed by atoms with Crippen molar-refractivity contribution in [2.75, 3.05) is 40.9 Å². The van der Waals surface area contributed by atoms with Crippen LogP contribution in [0.2, 0.25) is 0 Å². The van der Waals surface area contributed by atoms with Crippen molar-refractivity contribution in [1.29, 1.82) is 0 Å². The minimum atomic E-state index is -4.59. The van der Waals surface area contributed by atoms with Gasteiger partial charge in [-0.05, 0) is 32.1 Å². The van der Waals surface area contributed by atoms with Gasteiger partial charge in [-0.15, -0.1) is 0 Å². The van der Waals surface area contributed by atoms with Crippen LogP contribution in [0, 0.1) is 0 Å². The lowest BCUT2D eigenvalue weighted by Gasteiger charge is -2.29. The predicted octanol–water partition coefficient (Wildman–Crippen LogP) is 10.7. The molecule has 0 bridgehead atoms. The molecule has 0 fully saturated rings. The van der Waals surface area contributed by atoms with Gasteiger partial charge in [-0.3, -0.25) is 9.36 Å². The molecule has 0 aliphatic carbocycles. The van der Waals surface area contributed by atoms with E-state index >= 15 is 0 Å². The molecule has 51 heavy (non-hydrogen) atoms. The monoisotopic (exact) mass is 743 g/mol. The number of carbonyl (C=O) groups is 1. The van der Waals surface area contributed by atoms with Crippen molar-refractivity contribution in [3.63, 3.8) is 0 Å². The van der Waals surface area contributed by atoms with Crippen LogP contribution in [0.1, 0.15) is 187 Å². The Morgan fingerprint density at radius 3 is 1.59 bits per heavy atom. The van der Waals surface area contributed by atoms with Crippen LogP contribution in [0.4, 0.5) is 0 Å². The Hall–Kier alpha value is -1.02. The molecular weight excluding hydrogens is 659 g/mol. The molecule has 0 aliphatic heterocycles. The number of hydrogen-bond donors (Lipinski definition) is 2. The van der Waals surface area contributed by atoms with Crippen molar-refractivity contribution in [2.45, 2.75) is 199 Å². The lowest BCUT2D eigenvalue weighted by molar-refractivity contribution is -0.870. The summed E-state index contributed by atoms with van der Waals surface area (Å²) in [6.45, 7) is 4.62. The van der Waals surface area contributed by atoms with E-state index in [4.69, 9.17) is 9.05 Å². The van der Waals surface area contributed by atoms with Gasteiger partial charge < -0.3 is 28.8 Å². The SMILES string of the molecule is CCCCCCCCCCCC/C=C/CC/C=C/C(O)C(COP(=O)([O-])OCC[N+](C)(C)C)NC(=O)CCCCCCCCCCCCCCC. The van der Waals surface area contributed by atoms with E-state index in [0.717, 1.165) is 38.5 Å². The van der Waals surface area contributed by atoms with Gasteiger partial charge in [0.2, 0.25) is 5.91 Å². The molecule has 0 aromatic carbocycles. The summed E-state index contributed by atoms with van der Waals surface area (Å²) in [5, 5.41) is 13.7. The summed E-state index contributed by atoms with van der Waals surface area (Å²) in [7, 11) is 1.25. The molecule has 0 rings (SSSR count). The van der Waals surface area contributed by atoms with Crippen molar-refractivity contribution in [1.82, 2.24) is 5.32 Å². The Labute approximate surface area is 315 Å². The van der Waals surface area contributed by atoms with Crippen LogP contribution >= 0.6 is 7.82 Å². The normalized spacial score (nSPS) is 14.7. The highest BCUT2D eigenvalue weighted by molar-refractivity contribution is 7.45. The number of likely N-dealkylation sites (N-methyl/N-ethyl adjacent to an activating group) is 1. The van der Waals surface area contributed by atoms with Gasteiger partial charge in [0, 0.05) is 6.42 Å². The number of aliphatic hydroxyl groups excluding tert-OH is 1. The van der Waals surface area contributed by atoms with Gasteiger partial charge in [0.1, 0.15) is 13.2 Å². The van der Waals surface area contributed by atoms with Gasteiger partial charge in [-0.2, -0.15) is 0 Å². The van der Waals surface area contributed by atoms with E-state index in [2.05, 4.69) is 31.3 Å². The standard InChI is InChI=1S/C42H83N2O6P/c1-6-8-10-12-14-16-18-20-21-22-24-25-27-29-31-33-35-41(45)40(39-50-51(47,48)49-38-37-44(3,4)5)43-42(46)36-34-32-30-28-26-23-19-17-15-13-11-9-7-2/h25,27,33,35,40-41,45H,6-24,26,28-32,34,36-39H2,1-5H3,(H-,43,46,47,48)/b27-25+,35-33+. The average Bonchev–Trinajstić information content (AvgIpc) is 3.07. The molecule has 8 nitrogen and oxygen atoms in total. The number of hydrogen-bond acceptors (Lipinski definition) is 6. The number of aliphatic hydroxyl groups is 1. The van der Waals surface area contributed by atoms with Crippen LogP contribution < -0.4 is 10.2 Å². The fourth-order valence-electron chi connectivity index (χ4n) is 5.99. The first-order valence-electron chi connectivity index (χ1n) is 21.2. The minimum absolute atomic E-state index is 0.00445. The third-order valence-corrected chi connectivity index (χ3v) is 10.4. The highest BCUT2D eigenvalue weighted by Crippen LogP contribution is 2.38. The average molecular weight is 743 g/mol. The van der Waals surface area contributed by atoms with Crippen molar-refractivity contribution in [3.8, 4) is 0 Å². The third kappa shape index (κ3) is 37.1. The van der Waals surface area contributed by atoms with E-state index in [1.54, 1.807) is 6.08 Å². The van der Waals surface area contributed by atoms with Gasteiger partial charge in [0.05, 0.1) is 39.9 Å². The second kappa shape index (κ2) is 34.7. The largest absolute Gasteiger partial charge is 0.756 e. The number of carbonyl (C=O) groups excluding carboxylic acids is 1. The molecule has 0 aliphatic rings. The molecule has 3 unspecified atom stereocenters.